The van der Waals surface area contributed by atoms with Crippen LogP contribution >= 0.6 is 11.6 Å². The van der Waals surface area contributed by atoms with Gasteiger partial charge in [-0.25, -0.2) is 0 Å². The van der Waals surface area contributed by atoms with Crippen molar-refractivity contribution in [1.82, 2.24) is 4.90 Å². The Morgan fingerprint density at radius 2 is 2.18 bits per heavy atom. The number of amides is 1. The Balaban J connectivity index is 2.52. The molecule has 1 fully saturated rings. The first-order valence-electron chi connectivity index (χ1n) is 3.91. The molecule has 0 aromatic heterocycles. The molecule has 0 spiro atoms. The lowest BCUT2D eigenvalue weighted by Crippen LogP contribution is -2.24. The van der Waals surface area contributed by atoms with Gasteiger partial charge in [0.1, 0.15) is 0 Å². The van der Waals surface area contributed by atoms with Crippen LogP contribution in [0.1, 0.15) is 25.7 Å². The highest BCUT2D eigenvalue weighted by Gasteiger charge is 2.13. The van der Waals surface area contributed by atoms with Gasteiger partial charge in [0.05, 0.1) is 0 Å². The normalized spacial score (nSPS) is 20.8. The summed E-state index contributed by atoms with van der Waals surface area (Å²) in [5.74, 6) is 0.194. The van der Waals surface area contributed by atoms with Crippen molar-refractivity contribution in [2.75, 3.05) is 6.54 Å². The number of nitrogens with zero attached hydrogens (tertiary/aromatic N) is 1. The highest BCUT2D eigenvalue weighted by atomic mass is 35.5. The molecule has 1 aliphatic heterocycles. The summed E-state index contributed by atoms with van der Waals surface area (Å²) in [6, 6.07) is 0. The van der Waals surface area contributed by atoms with E-state index in [9.17, 15) is 4.79 Å². The zero-order valence-corrected chi connectivity index (χ0v) is 7.18. The third-order valence-electron chi connectivity index (χ3n) is 1.85. The number of rotatable bonds is 1. The van der Waals surface area contributed by atoms with Gasteiger partial charge in [-0.1, -0.05) is 18.0 Å². The molecule has 11 heavy (non-hydrogen) atoms. The summed E-state index contributed by atoms with van der Waals surface area (Å²) in [6.07, 6.45) is 5.58. The molecule has 0 radical (unpaired) electrons. The minimum Gasteiger partial charge on any atom is -0.318 e. The van der Waals surface area contributed by atoms with E-state index in [4.69, 9.17) is 11.6 Å². The quantitative estimate of drug-likeness (QED) is 0.595. The molecule has 0 aromatic carbocycles. The van der Waals surface area contributed by atoms with Crippen molar-refractivity contribution >= 4 is 17.5 Å². The molecule has 0 unspecified atom stereocenters. The van der Waals surface area contributed by atoms with E-state index in [2.05, 4.69) is 0 Å². The SMILES string of the molecule is O=C1CCCCCN1/C=C/Cl. The number of carbonyl (C=O) groups is 1. The monoisotopic (exact) mass is 173 g/mol. The summed E-state index contributed by atoms with van der Waals surface area (Å²) in [6.45, 7) is 0.821. The van der Waals surface area contributed by atoms with Gasteiger partial charge >= 0.3 is 0 Å². The fraction of sp³-hybridized carbons (Fsp3) is 0.625. The molecule has 0 bridgehead atoms. The lowest BCUT2D eigenvalue weighted by Gasteiger charge is -2.13. The van der Waals surface area contributed by atoms with Crippen LogP contribution in [0, 0.1) is 0 Å². The second-order valence-electron chi connectivity index (χ2n) is 2.67. The molecular formula is C8H12ClNO. The van der Waals surface area contributed by atoms with Crippen LogP contribution < -0.4 is 0 Å². The van der Waals surface area contributed by atoms with Crippen molar-refractivity contribution < 1.29 is 4.79 Å². The van der Waals surface area contributed by atoms with Crippen molar-refractivity contribution in [1.29, 1.82) is 0 Å². The maximum absolute atomic E-state index is 11.2. The number of likely N-dealkylation sites (tertiary alicyclic amines) is 1. The average molecular weight is 174 g/mol. The van der Waals surface area contributed by atoms with Gasteiger partial charge in [-0.2, -0.15) is 0 Å². The first kappa shape index (κ1) is 8.60. The zero-order valence-electron chi connectivity index (χ0n) is 6.42. The van der Waals surface area contributed by atoms with Crippen LogP contribution in [-0.4, -0.2) is 17.4 Å². The maximum atomic E-state index is 11.2. The molecule has 0 aromatic rings. The van der Waals surface area contributed by atoms with Crippen molar-refractivity contribution in [3.05, 3.63) is 11.7 Å². The minimum atomic E-state index is 0.194. The molecule has 1 heterocycles. The van der Waals surface area contributed by atoms with Crippen molar-refractivity contribution in [3.63, 3.8) is 0 Å². The Bertz CT molecular complexity index is 167. The molecule has 1 aliphatic rings. The van der Waals surface area contributed by atoms with E-state index in [0.717, 1.165) is 25.8 Å². The van der Waals surface area contributed by atoms with E-state index in [-0.39, 0.29) is 5.91 Å². The van der Waals surface area contributed by atoms with Crippen LogP contribution in [0.15, 0.2) is 11.7 Å². The number of hydrogen-bond donors (Lipinski definition) is 0. The lowest BCUT2D eigenvalue weighted by atomic mass is 10.2. The maximum Gasteiger partial charge on any atom is 0.226 e. The fourth-order valence-electron chi connectivity index (χ4n) is 1.23. The van der Waals surface area contributed by atoms with Gasteiger partial charge in [0.25, 0.3) is 0 Å². The number of carbonyl (C=O) groups excluding carboxylic acids is 1. The largest absolute Gasteiger partial charge is 0.318 e. The smallest absolute Gasteiger partial charge is 0.226 e. The van der Waals surface area contributed by atoms with Gasteiger partial charge in [0.2, 0.25) is 5.91 Å². The van der Waals surface area contributed by atoms with Crippen LogP contribution in [0.2, 0.25) is 0 Å². The summed E-state index contributed by atoms with van der Waals surface area (Å²) in [5, 5.41) is 0. The van der Waals surface area contributed by atoms with Crippen molar-refractivity contribution in [2.24, 2.45) is 0 Å². The van der Waals surface area contributed by atoms with Crippen LogP contribution in [-0.2, 0) is 4.79 Å². The molecule has 0 aliphatic carbocycles. The molecule has 62 valence electrons. The summed E-state index contributed by atoms with van der Waals surface area (Å²) in [4.78, 5) is 12.9. The van der Waals surface area contributed by atoms with E-state index in [1.807, 2.05) is 0 Å². The van der Waals surface area contributed by atoms with E-state index < -0.39 is 0 Å². The second kappa shape index (κ2) is 4.39. The lowest BCUT2D eigenvalue weighted by molar-refractivity contribution is -0.128. The minimum absolute atomic E-state index is 0.194. The number of halogens is 1. The van der Waals surface area contributed by atoms with Gasteiger partial charge in [-0.15, -0.1) is 0 Å². The van der Waals surface area contributed by atoms with Crippen LogP contribution in [0.25, 0.3) is 0 Å². The third-order valence-corrected chi connectivity index (χ3v) is 1.96. The molecule has 1 saturated heterocycles. The highest BCUT2D eigenvalue weighted by Crippen LogP contribution is 2.11. The molecular weight excluding hydrogens is 162 g/mol. The molecule has 3 heteroatoms. The van der Waals surface area contributed by atoms with Crippen LogP contribution in [0.3, 0.4) is 0 Å². The zero-order chi connectivity index (χ0) is 8.10. The van der Waals surface area contributed by atoms with Gasteiger partial charge in [0, 0.05) is 24.7 Å². The average Bonchev–Trinajstić information content (AvgIpc) is 2.18. The van der Waals surface area contributed by atoms with E-state index in [1.54, 1.807) is 11.1 Å². The second-order valence-corrected chi connectivity index (χ2v) is 2.92. The van der Waals surface area contributed by atoms with Gasteiger partial charge < -0.3 is 4.90 Å². The molecule has 1 amide bonds. The van der Waals surface area contributed by atoms with Crippen LogP contribution in [0.5, 0.6) is 0 Å². The summed E-state index contributed by atoms with van der Waals surface area (Å²) in [5.41, 5.74) is 1.39. The first-order valence-corrected chi connectivity index (χ1v) is 4.34. The fourth-order valence-corrected chi connectivity index (χ4v) is 1.37. The number of hydrogen-bond acceptors (Lipinski definition) is 1. The van der Waals surface area contributed by atoms with Gasteiger partial charge in [-0.3, -0.25) is 4.79 Å². The topological polar surface area (TPSA) is 20.3 Å². The Labute approximate surface area is 71.8 Å². The first-order chi connectivity index (χ1) is 5.34. The van der Waals surface area contributed by atoms with E-state index in [1.165, 1.54) is 5.54 Å². The standard InChI is InChI=1S/C8H12ClNO/c9-5-7-10-6-3-1-2-4-8(10)11/h5,7H,1-4,6H2/b7-5+. The Kier molecular flexibility index (Phi) is 3.43. The van der Waals surface area contributed by atoms with Crippen molar-refractivity contribution in [3.8, 4) is 0 Å². The van der Waals surface area contributed by atoms with Gasteiger partial charge in [-0.05, 0) is 12.8 Å². The predicted molar refractivity (Wildman–Crippen MR) is 45.2 cm³/mol. The summed E-state index contributed by atoms with van der Waals surface area (Å²) < 4.78 is 0. The van der Waals surface area contributed by atoms with Gasteiger partial charge in [0.15, 0.2) is 0 Å². The summed E-state index contributed by atoms with van der Waals surface area (Å²) in [7, 11) is 0. The molecule has 0 N–H and O–H groups in total. The Morgan fingerprint density at radius 3 is 2.91 bits per heavy atom. The van der Waals surface area contributed by atoms with E-state index >= 15 is 0 Å². The molecule has 0 saturated carbocycles. The van der Waals surface area contributed by atoms with E-state index in [0.29, 0.717) is 6.42 Å². The third kappa shape index (κ3) is 2.54. The predicted octanol–water partition coefficient (Wildman–Crippen LogP) is 2.10. The van der Waals surface area contributed by atoms with Crippen molar-refractivity contribution in [2.45, 2.75) is 25.7 Å². The molecule has 1 rings (SSSR count). The Morgan fingerprint density at radius 1 is 1.36 bits per heavy atom. The molecule has 2 nitrogen and oxygen atoms in total. The Hall–Kier alpha value is -0.500. The summed E-state index contributed by atoms with van der Waals surface area (Å²) >= 11 is 5.38. The molecule has 0 atom stereocenters. The van der Waals surface area contributed by atoms with Crippen LogP contribution in [0.4, 0.5) is 0 Å². The highest BCUT2D eigenvalue weighted by molar-refractivity contribution is 6.25.